The number of carbonyl (C=O) groups excluding carboxylic acids is 1. The number of nitrogens with one attached hydrogen (secondary N) is 1. The van der Waals surface area contributed by atoms with Crippen LogP contribution in [0, 0.1) is 5.82 Å². The van der Waals surface area contributed by atoms with E-state index < -0.39 is 29.7 Å². The number of benzene rings is 2. The van der Waals surface area contributed by atoms with Gasteiger partial charge in [0.15, 0.2) is 0 Å². The van der Waals surface area contributed by atoms with Gasteiger partial charge in [0.1, 0.15) is 29.9 Å². The van der Waals surface area contributed by atoms with Gasteiger partial charge >= 0.3 is 6.09 Å². The lowest BCUT2D eigenvalue weighted by Gasteiger charge is -2.28. The average molecular weight is 486 g/mol. The van der Waals surface area contributed by atoms with Crippen molar-refractivity contribution in [2.24, 2.45) is 0 Å². The van der Waals surface area contributed by atoms with Crippen molar-refractivity contribution in [1.29, 1.82) is 0 Å². The van der Waals surface area contributed by atoms with Crippen molar-refractivity contribution in [2.75, 3.05) is 13.2 Å². The second kappa shape index (κ2) is 10.3. The average Bonchev–Trinajstić information content (AvgIpc) is 2.65. The highest BCUT2D eigenvalue weighted by Gasteiger charge is 2.29. The summed E-state index contributed by atoms with van der Waals surface area (Å²) in [5, 5.41) is 14.2. The van der Waals surface area contributed by atoms with Crippen LogP contribution in [0.4, 0.5) is 9.18 Å². The fraction of sp³-hybridized carbons (Fsp3) is 0.435. The molecule has 1 heterocycles. The molecule has 2 aromatic rings. The lowest BCUT2D eigenvalue weighted by atomic mass is 9.95. The quantitative estimate of drug-likeness (QED) is 0.533. The maximum Gasteiger partial charge on any atom is 0.408 e. The van der Waals surface area contributed by atoms with Crippen molar-refractivity contribution in [1.82, 2.24) is 5.32 Å². The largest absolute Gasteiger partial charge is 0.491 e. The second-order valence-electron chi connectivity index (χ2n) is 8.52. The molecule has 0 saturated carbocycles. The molecule has 174 valence electrons. The third kappa shape index (κ3) is 6.48. The number of hydrogen-bond acceptors (Lipinski definition) is 5. The van der Waals surface area contributed by atoms with Gasteiger partial charge in [0.05, 0.1) is 22.2 Å². The molecule has 1 saturated heterocycles. The molecule has 3 rings (SSSR count). The van der Waals surface area contributed by atoms with Crippen LogP contribution < -0.4 is 10.1 Å². The van der Waals surface area contributed by atoms with E-state index in [1.54, 1.807) is 32.9 Å². The molecule has 2 N–H and O–H groups in total. The molecule has 0 aromatic heterocycles. The van der Waals surface area contributed by atoms with E-state index >= 15 is 0 Å². The zero-order valence-electron chi connectivity index (χ0n) is 18.0. The molecule has 0 bridgehead atoms. The number of hydrogen-bond donors (Lipinski definition) is 2. The monoisotopic (exact) mass is 485 g/mol. The summed E-state index contributed by atoms with van der Waals surface area (Å²) in [5.41, 5.74) is -0.352. The molecular weight excluding hydrogens is 460 g/mol. The van der Waals surface area contributed by atoms with Crippen molar-refractivity contribution in [2.45, 2.75) is 51.0 Å². The summed E-state index contributed by atoms with van der Waals surface area (Å²) in [6.07, 6.45) is -1.29. The normalized spacial score (nSPS) is 17.8. The Morgan fingerprint density at radius 2 is 1.97 bits per heavy atom. The summed E-state index contributed by atoms with van der Waals surface area (Å²) in [7, 11) is 0. The smallest absolute Gasteiger partial charge is 0.408 e. The van der Waals surface area contributed by atoms with Gasteiger partial charge in [-0.1, -0.05) is 29.3 Å². The summed E-state index contributed by atoms with van der Waals surface area (Å²) >= 11 is 12.1. The minimum absolute atomic E-state index is 0.0143. The van der Waals surface area contributed by atoms with Gasteiger partial charge in [-0.25, -0.2) is 9.18 Å². The standard InChI is InChI=1S/C23H26Cl2FNO5/c1-23(2,3)32-22(29)27-20(13-4-7-17(24)18(25)10-13)21(28)16-6-5-14(11-19(16)26)31-12-15-8-9-30-15/h4-7,10-11,15,20-21,28H,8-9,12H2,1-3H3,(H,27,29). The van der Waals surface area contributed by atoms with Gasteiger partial charge in [0.25, 0.3) is 0 Å². The SMILES string of the molecule is CC(C)(C)OC(=O)NC(c1ccc(Cl)c(Cl)c1)C(O)c1ccc(OCC2CCO2)cc1F. The van der Waals surface area contributed by atoms with Crippen molar-refractivity contribution in [3.63, 3.8) is 0 Å². The third-order valence-electron chi connectivity index (χ3n) is 4.81. The molecule has 1 fully saturated rings. The predicted molar refractivity (Wildman–Crippen MR) is 120 cm³/mol. The molecule has 1 amide bonds. The summed E-state index contributed by atoms with van der Waals surface area (Å²) in [4.78, 5) is 12.4. The molecular formula is C23H26Cl2FNO5. The number of alkyl carbamates (subject to hydrolysis) is 1. The Balaban J connectivity index is 1.83. The molecule has 6 nitrogen and oxygen atoms in total. The van der Waals surface area contributed by atoms with Gasteiger partial charge in [0.2, 0.25) is 0 Å². The molecule has 0 radical (unpaired) electrons. The van der Waals surface area contributed by atoms with E-state index in [0.717, 1.165) is 6.42 Å². The third-order valence-corrected chi connectivity index (χ3v) is 5.55. The van der Waals surface area contributed by atoms with Crippen molar-refractivity contribution in [3.8, 4) is 5.75 Å². The van der Waals surface area contributed by atoms with Gasteiger partial charge in [-0.3, -0.25) is 0 Å². The highest BCUT2D eigenvalue weighted by atomic mass is 35.5. The summed E-state index contributed by atoms with van der Waals surface area (Å²) < 4.78 is 31.0. The number of ether oxygens (including phenoxy) is 3. The first kappa shape index (κ1) is 24.6. The predicted octanol–water partition coefficient (Wildman–Crippen LogP) is 5.60. The van der Waals surface area contributed by atoms with Gasteiger partial charge in [-0.15, -0.1) is 0 Å². The first-order valence-electron chi connectivity index (χ1n) is 10.2. The molecule has 3 atom stereocenters. The number of aliphatic hydroxyl groups excluding tert-OH is 1. The summed E-state index contributed by atoms with van der Waals surface area (Å²) in [6.45, 7) is 6.17. The molecule has 32 heavy (non-hydrogen) atoms. The minimum atomic E-state index is -1.44. The minimum Gasteiger partial charge on any atom is -0.491 e. The Labute approximate surface area is 196 Å². The van der Waals surface area contributed by atoms with Crippen LogP contribution in [-0.2, 0) is 9.47 Å². The highest BCUT2D eigenvalue weighted by molar-refractivity contribution is 6.42. The Morgan fingerprint density at radius 1 is 1.25 bits per heavy atom. The van der Waals surface area contributed by atoms with Crippen LogP contribution in [0.1, 0.15) is 50.5 Å². The Kier molecular flexibility index (Phi) is 7.88. The maximum atomic E-state index is 14.9. The van der Waals surface area contributed by atoms with Crippen LogP contribution in [-0.4, -0.2) is 36.1 Å². The van der Waals surface area contributed by atoms with E-state index in [1.807, 2.05) is 0 Å². The molecule has 1 aliphatic heterocycles. The number of halogens is 3. The summed E-state index contributed by atoms with van der Waals surface area (Å²) in [5.74, 6) is -0.360. The van der Waals surface area contributed by atoms with Crippen molar-refractivity contribution >= 4 is 29.3 Å². The molecule has 3 unspecified atom stereocenters. The van der Waals surface area contributed by atoms with Crippen LogP contribution >= 0.6 is 23.2 Å². The Hall–Kier alpha value is -2.06. The number of amides is 1. The second-order valence-corrected chi connectivity index (χ2v) is 9.33. The van der Waals surface area contributed by atoms with Crippen LogP contribution in [0.5, 0.6) is 5.75 Å². The summed E-state index contributed by atoms with van der Waals surface area (Å²) in [6, 6.07) is 7.74. The van der Waals surface area contributed by atoms with Gasteiger partial charge in [-0.2, -0.15) is 0 Å². The van der Waals surface area contributed by atoms with E-state index in [1.165, 1.54) is 24.3 Å². The Bertz CT molecular complexity index is 962. The molecule has 0 aliphatic carbocycles. The zero-order chi connectivity index (χ0) is 23.5. The van der Waals surface area contributed by atoms with Crippen LogP contribution in [0.15, 0.2) is 36.4 Å². The molecule has 0 spiro atoms. The van der Waals surface area contributed by atoms with Crippen LogP contribution in [0.2, 0.25) is 10.0 Å². The topological polar surface area (TPSA) is 77.0 Å². The van der Waals surface area contributed by atoms with Crippen LogP contribution in [0.3, 0.4) is 0 Å². The van der Waals surface area contributed by atoms with Crippen LogP contribution in [0.25, 0.3) is 0 Å². The number of rotatable bonds is 7. The van der Waals surface area contributed by atoms with E-state index in [4.69, 9.17) is 37.4 Å². The number of aliphatic hydroxyl groups is 1. The molecule has 1 aliphatic rings. The lowest BCUT2D eigenvalue weighted by Crippen LogP contribution is -2.37. The van der Waals surface area contributed by atoms with Gasteiger partial charge < -0.3 is 24.6 Å². The van der Waals surface area contributed by atoms with E-state index in [0.29, 0.717) is 29.5 Å². The van der Waals surface area contributed by atoms with Gasteiger partial charge in [0, 0.05) is 24.7 Å². The van der Waals surface area contributed by atoms with Crippen molar-refractivity contribution < 1.29 is 28.5 Å². The Morgan fingerprint density at radius 3 is 2.53 bits per heavy atom. The van der Waals surface area contributed by atoms with E-state index in [-0.39, 0.29) is 16.7 Å². The van der Waals surface area contributed by atoms with Crippen molar-refractivity contribution in [3.05, 3.63) is 63.4 Å². The fourth-order valence-corrected chi connectivity index (χ4v) is 3.41. The highest BCUT2D eigenvalue weighted by Crippen LogP contribution is 2.35. The lowest BCUT2D eigenvalue weighted by molar-refractivity contribution is -0.0721. The first-order chi connectivity index (χ1) is 15.0. The molecule has 2 aromatic carbocycles. The fourth-order valence-electron chi connectivity index (χ4n) is 3.11. The maximum absolute atomic E-state index is 14.9. The molecule has 9 heteroatoms. The first-order valence-corrected chi connectivity index (χ1v) is 11.0. The zero-order valence-corrected chi connectivity index (χ0v) is 19.5. The van der Waals surface area contributed by atoms with Gasteiger partial charge in [-0.05, 0) is 50.6 Å². The van der Waals surface area contributed by atoms with E-state index in [2.05, 4.69) is 5.32 Å². The van der Waals surface area contributed by atoms with E-state index in [9.17, 15) is 14.3 Å². The number of carbonyl (C=O) groups is 1.